The highest BCUT2D eigenvalue weighted by Crippen LogP contribution is 2.38. The highest BCUT2D eigenvalue weighted by molar-refractivity contribution is 6.35. The molecule has 4 aromatic rings. The van der Waals surface area contributed by atoms with Crippen molar-refractivity contribution in [3.05, 3.63) is 88.3 Å². The Morgan fingerprint density at radius 1 is 1.09 bits per heavy atom. The number of carbonyl (C=O) groups is 2. The number of aromatic nitrogens is 3. The van der Waals surface area contributed by atoms with Gasteiger partial charge in [-0.05, 0) is 61.7 Å². The predicted molar refractivity (Wildman–Crippen MR) is 177 cm³/mol. The maximum Gasteiger partial charge on any atom is 0.274 e. The third-order valence-electron chi connectivity index (χ3n) is 7.80. The first kappa shape index (κ1) is 32.9. The maximum absolute atomic E-state index is 13.1. The van der Waals surface area contributed by atoms with Crippen LogP contribution in [0.15, 0.2) is 60.9 Å². The Balaban J connectivity index is 1.30. The van der Waals surface area contributed by atoms with E-state index in [1.54, 1.807) is 31.6 Å². The lowest BCUT2D eigenvalue weighted by atomic mass is 10.0. The van der Waals surface area contributed by atoms with E-state index in [2.05, 4.69) is 31.2 Å². The lowest BCUT2D eigenvalue weighted by Crippen LogP contribution is -2.35. The van der Waals surface area contributed by atoms with Crippen LogP contribution >= 0.6 is 11.6 Å². The van der Waals surface area contributed by atoms with Crippen LogP contribution in [0, 0.1) is 6.92 Å². The van der Waals surface area contributed by atoms with Crippen molar-refractivity contribution in [1.82, 2.24) is 30.9 Å². The minimum atomic E-state index is -0.359. The van der Waals surface area contributed by atoms with Crippen molar-refractivity contribution in [2.24, 2.45) is 0 Å². The third-order valence-corrected chi connectivity index (χ3v) is 8.18. The van der Waals surface area contributed by atoms with Crippen molar-refractivity contribution in [2.75, 3.05) is 32.2 Å². The number of rotatable bonds is 14. The molecule has 2 amide bonds. The zero-order valence-electron chi connectivity index (χ0n) is 25.8. The molecular weight excluding hydrogens is 609 g/mol. The van der Waals surface area contributed by atoms with E-state index in [0.717, 1.165) is 28.7 Å². The van der Waals surface area contributed by atoms with Gasteiger partial charge in [-0.1, -0.05) is 35.9 Å². The minimum absolute atomic E-state index is 0.0896. The number of amides is 2. The summed E-state index contributed by atoms with van der Waals surface area (Å²) < 4.78 is 17.9. The van der Waals surface area contributed by atoms with Gasteiger partial charge < -0.3 is 26.0 Å². The first-order valence-electron chi connectivity index (χ1n) is 15.2. The second-order valence-electron chi connectivity index (χ2n) is 11.0. The zero-order valence-corrected chi connectivity index (χ0v) is 26.6. The fourth-order valence-electron chi connectivity index (χ4n) is 5.27. The summed E-state index contributed by atoms with van der Waals surface area (Å²) in [6.07, 6.45) is 5.16. The Labute approximate surface area is 272 Å². The molecule has 0 spiro atoms. The molecule has 3 aromatic heterocycles. The number of ether oxygens (including phenoxy) is 1. The molecule has 4 N–H and O–H groups in total. The number of carbonyl (C=O) groups excluding carboxylic acids is 2. The van der Waals surface area contributed by atoms with E-state index in [9.17, 15) is 14.0 Å². The van der Waals surface area contributed by atoms with Gasteiger partial charge in [-0.25, -0.2) is 4.98 Å². The molecule has 0 aliphatic carbocycles. The summed E-state index contributed by atoms with van der Waals surface area (Å²) in [6, 6.07) is 14.8. The highest BCUT2D eigenvalue weighted by Gasteiger charge is 2.21. The molecule has 5 rings (SSSR count). The van der Waals surface area contributed by atoms with Crippen molar-refractivity contribution < 1.29 is 18.7 Å². The molecule has 4 heterocycles. The van der Waals surface area contributed by atoms with Crippen LogP contribution in [0.4, 0.5) is 10.1 Å². The minimum Gasteiger partial charge on any atom is -0.481 e. The molecular formula is C34H37ClFN7O3. The van der Waals surface area contributed by atoms with Gasteiger partial charge in [-0.3, -0.25) is 23.9 Å². The summed E-state index contributed by atoms with van der Waals surface area (Å²) in [5.74, 6) is 0.223. The predicted octanol–water partition coefficient (Wildman–Crippen LogP) is 5.25. The summed E-state index contributed by atoms with van der Waals surface area (Å²) in [6.45, 7) is 3.87. The van der Waals surface area contributed by atoms with E-state index in [-0.39, 0.29) is 30.2 Å². The summed E-state index contributed by atoms with van der Waals surface area (Å²) in [7, 11) is 1.58. The van der Waals surface area contributed by atoms with E-state index in [1.165, 1.54) is 0 Å². The Morgan fingerprint density at radius 2 is 1.96 bits per heavy atom. The van der Waals surface area contributed by atoms with Crippen molar-refractivity contribution in [1.29, 1.82) is 0 Å². The fraction of sp³-hybridized carbons (Fsp3) is 0.324. The monoisotopic (exact) mass is 645 g/mol. The van der Waals surface area contributed by atoms with Crippen LogP contribution in [0.25, 0.3) is 22.5 Å². The number of benzene rings is 1. The second kappa shape index (κ2) is 15.7. The first-order chi connectivity index (χ1) is 22.4. The lowest BCUT2D eigenvalue weighted by molar-refractivity contribution is -0.119. The number of hydrogen-bond acceptors (Lipinski definition) is 8. The molecule has 0 unspecified atom stereocenters. The molecule has 46 heavy (non-hydrogen) atoms. The van der Waals surface area contributed by atoms with E-state index < -0.39 is 0 Å². The molecule has 0 bridgehead atoms. The van der Waals surface area contributed by atoms with E-state index >= 15 is 0 Å². The average Bonchev–Trinajstić information content (AvgIpc) is 3.49. The summed E-state index contributed by atoms with van der Waals surface area (Å²) >= 11 is 6.96. The number of nitrogens with one attached hydrogen (secondary N) is 4. The molecule has 1 aliphatic heterocycles. The summed E-state index contributed by atoms with van der Waals surface area (Å²) in [5, 5.41) is 12.8. The summed E-state index contributed by atoms with van der Waals surface area (Å²) in [5.41, 5.74) is 6.11. The molecule has 240 valence electrons. The number of nitrogens with zero attached hydrogens (tertiary/aromatic N) is 3. The van der Waals surface area contributed by atoms with Gasteiger partial charge in [0.2, 0.25) is 11.8 Å². The van der Waals surface area contributed by atoms with Gasteiger partial charge in [0, 0.05) is 66.9 Å². The first-order valence-corrected chi connectivity index (χ1v) is 15.6. The normalized spacial score (nSPS) is 14.3. The van der Waals surface area contributed by atoms with Crippen molar-refractivity contribution in [2.45, 2.75) is 45.3 Å². The SMILES string of the molecule is COc1nc(-c2ccnc(-c3cccc(NC(=O)c4ccc(CNCCCF)cn4)c3C)c2Cl)ccc1CNC[C@H]1CCC(=O)N1. The average molecular weight is 646 g/mol. The smallest absolute Gasteiger partial charge is 0.274 e. The van der Waals surface area contributed by atoms with Gasteiger partial charge in [-0.15, -0.1) is 0 Å². The largest absolute Gasteiger partial charge is 0.481 e. The van der Waals surface area contributed by atoms with Crippen LogP contribution in [0.1, 0.15) is 46.4 Å². The van der Waals surface area contributed by atoms with E-state index in [0.29, 0.717) is 72.6 Å². The van der Waals surface area contributed by atoms with Crippen LogP contribution in [0.5, 0.6) is 5.88 Å². The number of pyridine rings is 3. The Kier molecular flexibility index (Phi) is 11.2. The van der Waals surface area contributed by atoms with Gasteiger partial charge in [0.05, 0.1) is 30.2 Å². The number of halogens is 2. The van der Waals surface area contributed by atoms with Crippen LogP contribution in [-0.4, -0.2) is 59.7 Å². The van der Waals surface area contributed by atoms with Gasteiger partial charge in [0.25, 0.3) is 5.91 Å². The highest BCUT2D eigenvalue weighted by atomic mass is 35.5. The van der Waals surface area contributed by atoms with Crippen LogP contribution in [0.3, 0.4) is 0 Å². The Hall–Kier alpha value is -4.45. The second-order valence-corrected chi connectivity index (χ2v) is 11.4. The standard InChI is InChI=1S/C34H37ClFN7O3/c1-21-25(5-3-6-27(21)42-33(45)29-10-7-22(18-40-29)17-37-15-4-14-36)32-31(35)26(13-16-39-32)28-11-8-23(34(43-28)46-2)19-38-20-24-9-12-30(44)41-24/h3,5-8,10-11,13,16,18,24,37-38H,4,9,12,14-15,17,19-20H2,1-2H3,(H,41,44)(H,42,45)/t24-/m1/s1. The van der Waals surface area contributed by atoms with E-state index in [4.69, 9.17) is 21.3 Å². The van der Waals surface area contributed by atoms with Gasteiger partial charge >= 0.3 is 0 Å². The maximum atomic E-state index is 13.1. The van der Waals surface area contributed by atoms with Crippen LogP contribution < -0.4 is 26.0 Å². The molecule has 1 atom stereocenters. The van der Waals surface area contributed by atoms with Crippen LogP contribution in [0.2, 0.25) is 5.02 Å². The quantitative estimate of drug-likeness (QED) is 0.137. The number of alkyl halides is 1. The van der Waals surface area contributed by atoms with Crippen LogP contribution in [-0.2, 0) is 17.9 Å². The summed E-state index contributed by atoms with van der Waals surface area (Å²) in [4.78, 5) is 38.1. The van der Waals surface area contributed by atoms with Gasteiger partial charge in [0.15, 0.2) is 0 Å². The zero-order chi connectivity index (χ0) is 32.5. The molecule has 1 aromatic carbocycles. The van der Waals surface area contributed by atoms with Crippen molar-refractivity contribution in [3.8, 4) is 28.4 Å². The molecule has 0 saturated carbocycles. The third kappa shape index (κ3) is 8.03. The molecule has 1 saturated heterocycles. The molecule has 1 aliphatic rings. The van der Waals surface area contributed by atoms with Gasteiger partial charge in [0.1, 0.15) is 5.69 Å². The topological polar surface area (TPSA) is 130 Å². The number of methoxy groups -OCH3 is 1. The number of anilines is 1. The fourth-order valence-corrected chi connectivity index (χ4v) is 5.58. The lowest BCUT2D eigenvalue weighted by Gasteiger charge is -2.16. The Bertz CT molecular complexity index is 1690. The van der Waals surface area contributed by atoms with Crippen molar-refractivity contribution >= 4 is 29.1 Å². The van der Waals surface area contributed by atoms with Crippen molar-refractivity contribution in [3.63, 3.8) is 0 Å². The Morgan fingerprint density at radius 3 is 2.70 bits per heavy atom. The van der Waals surface area contributed by atoms with Gasteiger partial charge in [-0.2, -0.15) is 0 Å². The molecule has 0 radical (unpaired) electrons. The molecule has 10 nitrogen and oxygen atoms in total. The number of hydrogen-bond donors (Lipinski definition) is 4. The van der Waals surface area contributed by atoms with E-state index in [1.807, 2.05) is 43.3 Å². The molecule has 1 fully saturated rings. The molecule has 12 heteroatoms.